The molecule has 4 heterocycles. The highest BCUT2D eigenvalue weighted by molar-refractivity contribution is 6.03. The lowest BCUT2D eigenvalue weighted by molar-refractivity contribution is 0.0966. The first-order valence-electron chi connectivity index (χ1n) is 7.59. The van der Waals surface area contributed by atoms with Gasteiger partial charge in [0.2, 0.25) is 0 Å². The van der Waals surface area contributed by atoms with Gasteiger partial charge in [-0.25, -0.2) is 0 Å². The average molecular weight is 298 g/mol. The van der Waals surface area contributed by atoms with Crippen molar-refractivity contribution in [2.45, 2.75) is 25.3 Å². The fourth-order valence-electron chi connectivity index (χ4n) is 3.43. The monoisotopic (exact) mass is 298 g/mol. The number of carbonyl (C=O) groups is 1. The van der Waals surface area contributed by atoms with Gasteiger partial charge in [-0.15, -0.1) is 10.2 Å². The summed E-state index contributed by atoms with van der Waals surface area (Å²) >= 11 is 0. The number of rotatable bonds is 2. The number of nitrogens with zero attached hydrogens (tertiary/aromatic N) is 5. The largest absolute Gasteiger partial charge is 0.371 e. The summed E-state index contributed by atoms with van der Waals surface area (Å²) in [5.41, 5.74) is 2.62. The number of hydrogen-bond acceptors (Lipinski definition) is 5. The summed E-state index contributed by atoms with van der Waals surface area (Å²) in [5, 5.41) is 11.1. The van der Waals surface area contributed by atoms with Gasteiger partial charge in [0.05, 0.1) is 23.5 Å². The molecule has 1 N–H and O–H groups in total. The molecule has 4 rings (SSSR count). The van der Waals surface area contributed by atoms with Crippen LogP contribution in [0.25, 0.3) is 0 Å². The minimum atomic E-state index is -0.00600. The SMILES string of the molecule is Cn1cnnc1C1CCN(c2ccnc3c2C(=O)NC3)CC1. The van der Waals surface area contributed by atoms with Crippen molar-refractivity contribution in [3.63, 3.8) is 0 Å². The van der Waals surface area contributed by atoms with Crippen molar-refractivity contribution in [2.75, 3.05) is 18.0 Å². The average Bonchev–Trinajstić information content (AvgIpc) is 3.14. The molecule has 2 aliphatic rings. The number of aryl methyl sites for hydroxylation is 1. The molecule has 0 atom stereocenters. The van der Waals surface area contributed by atoms with Gasteiger partial charge in [-0.1, -0.05) is 0 Å². The van der Waals surface area contributed by atoms with Crippen LogP contribution in [-0.2, 0) is 13.6 Å². The number of anilines is 1. The van der Waals surface area contributed by atoms with Crippen LogP contribution >= 0.6 is 0 Å². The van der Waals surface area contributed by atoms with Crippen LogP contribution in [0.3, 0.4) is 0 Å². The second kappa shape index (κ2) is 5.08. The highest BCUT2D eigenvalue weighted by Crippen LogP contribution is 2.32. The molecule has 0 spiro atoms. The van der Waals surface area contributed by atoms with Crippen LogP contribution in [0, 0.1) is 0 Å². The number of amides is 1. The second-order valence-electron chi connectivity index (χ2n) is 5.90. The quantitative estimate of drug-likeness (QED) is 0.889. The van der Waals surface area contributed by atoms with Gasteiger partial charge in [0, 0.05) is 32.3 Å². The molecule has 2 aromatic heterocycles. The maximum atomic E-state index is 12.0. The first-order valence-corrected chi connectivity index (χ1v) is 7.59. The Balaban J connectivity index is 1.54. The molecule has 1 fully saturated rings. The van der Waals surface area contributed by atoms with Crippen LogP contribution in [0.2, 0.25) is 0 Å². The Morgan fingerprint density at radius 3 is 2.86 bits per heavy atom. The summed E-state index contributed by atoms with van der Waals surface area (Å²) in [4.78, 5) is 18.6. The Bertz CT molecular complexity index is 717. The number of pyridine rings is 1. The van der Waals surface area contributed by atoms with Crippen molar-refractivity contribution < 1.29 is 4.79 Å². The molecule has 0 saturated carbocycles. The fourth-order valence-corrected chi connectivity index (χ4v) is 3.43. The van der Waals surface area contributed by atoms with Gasteiger partial charge in [-0.2, -0.15) is 0 Å². The zero-order chi connectivity index (χ0) is 15.1. The number of fused-ring (bicyclic) bond motifs is 1. The van der Waals surface area contributed by atoms with E-state index in [4.69, 9.17) is 0 Å². The van der Waals surface area contributed by atoms with Crippen molar-refractivity contribution in [1.82, 2.24) is 25.1 Å². The highest BCUT2D eigenvalue weighted by atomic mass is 16.1. The van der Waals surface area contributed by atoms with E-state index in [2.05, 4.69) is 25.4 Å². The standard InChI is InChI=1S/C15H18N6O/c1-20-9-18-19-14(20)10-3-6-21(7-4-10)12-2-5-16-11-8-17-15(22)13(11)12/h2,5,9-10H,3-4,6-8H2,1H3,(H,17,22). The molecule has 22 heavy (non-hydrogen) atoms. The molecule has 0 aromatic carbocycles. The number of carbonyl (C=O) groups excluding carboxylic acids is 1. The smallest absolute Gasteiger partial charge is 0.255 e. The van der Waals surface area contributed by atoms with E-state index in [9.17, 15) is 4.79 Å². The maximum Gasteiger partial charge on any atom is 0.255 e. The zero-order valence-corrected chi connectivity index (χ0v) is 12.5. The number of hydrogen-bond donors (Lipinski definition) is 1. The van der Waals surface area contributed by atoms with Gasteiger partial charge in [-0.05, 0) is 18.9 Å². The van der Waals surface area contributed by atoms with Crippen LogP contribution in [0.4, 0.5) is 5.69 Å². The van der Waals surface area contributed by atoms with Crippen LogP contribution < -0.4 is 10.2 Å². The normalized spacial score (nSPS) is 18.4. The molecule has 114 valence electrons. The summed E-state index contributed by atoms with van der Waals surface area (Å²) in [5.74, 6) is 1.48. The van der Waals surface area contributed by atoms with Gasteiger partial charge >= 0.3 is 0 Å². The second-order valence-corrected chi connectivity index (χ2v) is 5.90. The maximum absolute atomic E-state index is 12.0. The molecule has 0 radical (unpaired) electrons. The summed E-state index contributed by atoms with van der Waals surface area (Å²) < 4.78 is 2.00. The van der Waals surface area contributed by atoms with Crippen LogP contribution in [0.5, 0.6) is 0 Å². The lowest BCUT2D eigenvalue weighted by Gasteiger charge is -2.33. The first kappa shape index (κ1) is 13.2. The van der Waals surface area contributed by atoms with E-state index in [0.717, 1.165) is 48.7 Å². The van der Waals surface area contributed by atoms with Gasteiger partial charge in [-0.3, -0.25) is 9.78 Å². The van der Waals surface area contributed by atoms with Crippen molar-refractivity contribution in [3.8, 4) is 0 Å². The molecule has 1 saturated heterocycles. The van der Waals surface area contributed by atoms with E-state index in [0.29, 0.717) is 12.5 Å². The minimum Gasteiger partial charge on any atom is -0.371 e. The Hall–Kier alpha value is -2.44. The predicted molar refractivity (Wildman–Crippen MR) is 80.6 cm³/mol. The topological polar surface area (TPSA) is 75.9 Å². The Morgan fingerprint density at radius 2 is 2.14 bits per heavy atom. The van der Waals surface area contributed by atoms with Crippen molar-refractivity contribution in [1.29, 1.82) is 0 Å². The van der Waals surface area contributed by atoms with Gasteiger partial charge in [0.25, 0.3) is 5.91 Å². The molecular weight excluding hydrogens is 280 g/mol. The summed E-state index contributed by atoms with van der Waals surface area (Å²) in [6.07, 6.45) is 5.58. The third-order valence-electron chi connectivity index (χ3n) is 4.60. The van der Waals surface area contributed by atoms with E-state index < -0.39 is 0 Å². The lowest BCUT2D eigenvalue weighted by atomic mass is 9.95. The van der Waals surface area contributed by atoms with E-state index in [1.807, 2.05) is 17.7 Å². The molecule has 2 aliphatic heterocycles. The Labute approximate surface area is 128 Å². The van der Waals surface area contributed by atoms with E-state index in [1.165, 1.54) is 0 Å². The zero-order valence-electron chi connectivity index (χ0n) is 12.5. The summed E-state index contributed by atoms with van der Waals surface area (Å²) in [6, 6.07) is 1.95. The Kier molecular flexibility index (Phi) is 3.06. The molecule has 0 bridgehead atoms. The van der Waals surface area contributed by atoms with Gasteiger partial charge in [0.1, 0.15) is 12.2 Å². The highest BCUT2D eigenvalue weighted by Gasteiger charge is 2.29. The van der Waals surface area contributed by atoms with Gasteiger partial charge in [0.15, 0.2) is 0 Å². The molecule has 0 unspecified atom stereocenters. The Morgan fingerprint density at radius 1 is 1.32 bits per heavy atom. The van der Waals surface area contributed by atoms with Crippen molar-refractivity contribution in [2.24, 2.45) is 7.05 Å². The third kappa shape index (κ3) is 2.04. The number of piperidine rings is 1. The molecular formula is C15H18N6O. The van der Waals surface area contributed by atoms with Crippen LogP contribution in [0.1, 0.15) is 40.6 Å². The summed E-state index contributed by atoms with van der Waals surface area (Å²) in [7, 11) is 1.99. The van der Waals surface area contributed by atoms with E-state index >= 15 is 0 Å². The fraction of sp³-hybridized carbons (Fsp3) is 0.467. The molecule has 7 nitrogen and oxygen atoms in total. The minimum absolute atomic E-state index is 0.00600. The van der Waals surface area contributed by atoms with Crippen LogP contribution in [-0.4, -0.2) is 38.7 Å². The summed E-state index contributed by atoms with van der Waals surface area (Å²) in [6.45, 7) is 2.37. The van der Waals surface area contributed by atoms with E-state index in [-0.39, 0.29) is 5.91 Å². The van der Waals surface area contributed by atoms with Crippen LogP contribution in [0.15, 0.2) is 18.6 Å². The predicted octanol–water partition coefficient (Wildman–Crippen LogP) is 0.837. The van der Waals surface area contributed by atoms with Gasteiger partial charge < -0.3 is 14.8 Å². The number of aromatic nitrogens is 4. The van der Waals surface area contributed by atoms with Crippen molar-refractivity contribution in [3.05, 3.63) is 35.7 Å². The van der Waals surface area contributed by atoms with Crippen molar-refractivity contribution >= 4 is 11.6 Å². The van der Waals surface area contributed by atoms with E-state index in [1.54, 1.807) is 12.5 Å². The molecule has 0 aliphatic carbocycles. The molecule has 2 aromatic rings. The molecule has 7 heteroatoms. The lowest BCUT2D eigenvalue weighted by Crippen LogP contribution is -2.34. The number of nitrogens with one attached hydrogen (secondary N) is 1. The molecule has 1 amide bonds. The third-order valence-corrected chi connectivity index (χ3v) is 4.60. The first-order chi connectivity index (χ1) is 10.7.